The molecule has 0 radical (unpaired) electrons. The maximum absolute atomic E-state index is 12.5. The number of Topliss-reactive ketones (excluding diaryl/α,β-unsaturated/α-hetero) is 1. The van der Waals surface area contributed by atoms with Gasteiger partial charge in [-0.15, -0.1) is 0 Å². The van der Waals surface area contributed by atoms with E-state index >= 15 is 0 Å². The Kier molecular flexibility index (Phi) is 3.53. The van der Waals surface area contributed by atoms with Crippen molar-refractivity contribution in [1.29, 1.82) is 0 Å². The number of hydrogen-bond acceptors (Lipinski definition) is 3. The van der Waals surface area contributed by atoms with Crippen LogP contribution in [-0.4, -0.2) is 21.7 Å². The molecule has 1 aromatic carbocycles. The molecule has 1 aliphatic carbocycles. The summed E-state index contributed by atoms with van der Waals surface area (Å²) in [4.78, 5) is 12.5. The van der Waals surface area contributed by atoms with Gasteiger partial charge in [0.05, 0.1) is 11.8 Å². The molecular formula is C17H20N2O2. The lowest BCUT2D eigenvalue weighted by molar-refractivity contribution is 0.0992. The topological polar surface area (TPSA) is 44.1 Å². The average molecular weight is 284 g/mol. The highest BCUT2D eigenvalue weighted by atomic mass is 16.5. The Morgan fingerprint density at radius 1 is 1.38 bits per heavy atom. The van der Waals surface area contributed by atoms with Crippen LogP contribution in [0.3, 0.4) is 0 Å². The summed E-state index contributed by atoms with van der Waals surface area (Å²) >= 11 is 0. The predicted molar refractivity (Wildman–Crippen MR) is 80.8 cm³/mol. The van der Waals surface area contributed by atoms with E-state index in [-0.39, 0.29) is 5.78 Å². The normalized spacial score (nSPS) is 14.2. The van der Waals surface area contributed by atoms with Gasteiger partial charge in [0.1, 0.15) is 5.75 Å². The summed E-state index contributed by atoms with van der Waals surface area (Å²) in [5.41, 5.74) is 3.70. The second-order valence-electron chi connectivity index (χ2n) is 5.72. The second-order valence-corrected chi connectivity index (χ2v) is 5.72. The van der Waals surface area contributed by atoms with Crippen molar-refractivity contribution < 1.29 is 9.53 Å². The number of aryl methyl sites for hydroxylation is 2. The zero-order valence-corrected chi connectivity index (χ0v) is 12.7. The summed E-state index contributed by atoms with van der Waals surface area (Å²) in [5, 5.41) is 4.36. The Balaban J connectivity index is 1.78. The van der Waals surface area contributed by atoms with Gasteiger partial charge in [-0.25, -0.2) is 0 Å². The number of aromatic nitrogens is 2. The molecule has 3 rings (SSSR count). The highest BCUT2D eigenvalue weighted by Gasteiger charge is 2.23. The first-order chi connectivity index (χ1) is 10.0. The van der Waals surface area contributed by atoms with Crippen molar-refractivity contribution in [2.24, 2.45) is 7.05 Å². The number of nitrogens with zero attached hydrogens (tertiary/aromatic N) is 2. The fourth-order valence-corrected chi connectivity index (χ4v) is 2.46. The van der Waals surface area contributed by atoms with Gasteiger partial charge in [-0.1, -0.05) is 12.1 Å². The summed E-state index contributed by atoms with van der Waals surface area (Å²) in [5.74, 6) is 0.901. The molecule has 1 aliphatic rings. The smallest absolute Gasteiger partial charge is 0.167 e. The van der Waals surface area contributed by atoms with Crippen molar-refractivity contribution >= 4 is 5.78 Å². The zero-order chi connectivity index (χ0) is 15.0. The van der Waals surface area contributed by atoms with E-state index in [0.717, 1.165) is 35.5 Å². The first kappa shape index (κ1) is 13.9. The standard InChI is InChI=1S/C17H20N2O2/c1-11-16(12(2)19(3)18-11)10-17(20)13-5-4-6-15(9-13)21-14-7-8-14/h4-6,9,14H,7-8,10H2,1-3H3. The zero-order valence-electron chi connectivity index (χ0n) is 12.7. The molecule has 0 N–H and O–H groups in total. The number of rotatable bonds is 5. The monoisotopic (exact) mass is 284 g/mol. The van der Waals surface area contributed by atoms with Gasteiger partial charge < -0.3 is 4.74 Å². The molecule has 1 aromatic heterocycles. The lowest BCUT2D eigenvalue weighted by Crippen LogP contribution is -2.06. The van der Waals surface area contributed by atoms with Gasteiger partial charge in [0.2, 0.25) is 0 Å². The molecule has 21 heavy (non-hydrogen) atoms. The van der Waals surface area contributed by atoms with Gasteiger partial charge in [0, 0.05) is 30.3 Å². The van der Waals surface area contributed by atoms with Crippen LogP contribution in [0.25, 0.3) is 0 Å². The third kappa shape index (κ3) is 2.99. The van der Waals surface area contributed by atoms with E-state index in [4.69, 9.17) is 4.74 Å². The lowest BCUT2D eigenvalue weighted by Gasteiger charge is -2.07. The fraction of sp³-hybridized carbons (Fsp3) is 0.412. The molecule has 110 valence electrons. The minimum absolute atomic E-state index is 0.107. The summed E-state index contributed by atoms with van der Waals surface area (Å²) in [6.07, 6.45) is 2.97. The molecule has 4 heteroatoms. The molecular weight excluding hydrogens is 264 g/mol. The third-order valence-electron chi connectivity index (χ3n) is 3.98. The van der Waals surface area contributed by atoms with Crippen LogP contribution >= 0.6 is 0 Å². The Morgan fingerprint density at radius 2 is 2.14 bits per heavy atom. The van der Waals surface area contributed by atoms with Crippen molar-refractivity contribution in [3.63, 3.8) is 0 Å². The summed E-state index contributed by atoms with van der Waals surface area (Å²) in [6, 6.07) is 7.49. The lowest BCUT2D eigenvalue weighted by atomic mass is 10.0. The van der Waals surface area contributed by atoms with Crippen LogP contribution in [-0.2, 0) is 13.5 Å². The second kappa shape index (κ2) is 5.35. The Labute approximate surface area is 124 Å². The molecule has 0 saturated heterocycles. The molecule has 1 fully saturated rings. The Morgan fingerprint density at radius 3 is 2.76 bits per heavy atom. The van der Waals surface area contributed by atoms with Crippen LogP contribution in [0.5, 0.6) is 5.75 Å². The first-order valence-corrected chi connectivity index (χ1v) is 7.33. The number of ketones is 1. The Bertz CT molecular complexity index is 684. The molecule has 0 aliphatic heterocycles. The number of benzene rings is 1. The minimum atomic E-state index is 0.107. The number of ether oxygens (including phenoxy) is 1. The first-order valence-electron chi connectivity index (χ1n) is 7.33. The average Bonchev–Trinajstić information content (AvgIpc) is 3.23. The van der Waals surface area contributed by atoms with Crippen LogP contribution in [0.1, 0.15) is 40.2 Å². The van der Waals surface area contributed by atoms with Crippen LogP contribution in [0.2, 0.25) is 0 Å². The van der Waals surface area contributed by atoms with E-state index < -0.39 is 0 Å². The molecule has 2 aromatic rings. The minimum Gasteiger partial charge on any atom is -0.490 e. The SMILES string of the molecule is Cc1nn(C)c(C)c1CC(=O)c1cccc(OC2CC2)c1. The van der Waals surface area contributed by atoms with Crippen molar-refractivity contribution in [2.75, 3.05) is 0 Å². The fourth-order valence-electron chi connectivity index (χ4n) is 2.46. The highest BCUT2D eigenvalue weighted by Crippen LogP contribution is 2.27. The van der Waals surface area contributed by atoms with E-state index in [1.54, 1.807) is 0 Å². The quantitative estimate of drug-likeness (QED) is 0.793. The van der Waals surface area contributed by atoms with Crippen molar-refractivity contribution in [3.05, 3.63) is 46.8 Å². The van der Waals surface area contributed by atoms with Gasteiger partial charge in [0.15, 0.2) is 5.78 Å². The Hall–Kier alpha value is -2.10. The van der Waals surface area contributed by atoms with Crippen molar-refractivity contribution in [2.45, 2.75) is 39.2 Å². The van der Waals surface area contributed by atoms with Gasteiger partial charge >= 0.3 is 0 Å². The summed E-state index contributed by atoms with van der Waals surface area (Å²) in [7, 11) is 1.90. The van der Waals surface area contributed by atoms with Crippen LogP contribution in [0, 0.1) is 13.8 Å². The molecule has 0 amide bonds. The number of carbonyl (C=O) groups is 1. The van der Waals surface area contributed by atoms with Crippen LogP contribution in [0.4, 0.5) is 0 Å². The molecule has 0 unspecified atom stereocenters. The number of hydrogen-bond donors (Lipinski definition) is 0. The van der Waals surface area contributed by atoms with Crippen LogP contribution in [0.15, 0.2) is 24.3 Å². The van der Waals surface area contributed by atoms with E-state index in [0.29, 0.717) is 18.1 Å². The van der Waals surface area contributed by atoms with Gasteiger partial charge in [-0.2, -0.15) is 5.10 Å². The summed E-state index contributed by atoms with van der Waals surface area (Å²) < 4.78 is 7.57. The summed E-state index contributed by atoms with van der Waals surface area (Å²) in [6.45, 7) is 3.94. The number of carbonyl (C=O) groups excluding carboxylic acids is 1. The van der Waals surface area contributed by atoms with E-state index in [1.165, 1.54) is 0 Å². The largest absolute Gasteiger partial charge is 0.490 e. The molecule has 1 heterocycles. The maximum atomic E-state index is 12.5. The van der Waals surface area contributed by atoms with Gasteiger partial charge in [-0.05, 0) is 38.8 Å². The van der Waals surface area contributed by atoms with E-state index in [1.807, 2.05) is 49.8 Å². The molecule has 0 atom stereocenters. The van der Waals surface area contributed by atoms with E-state index in [2.05, 4.69) is 5.10 Å². The highest BCUT2D eigenvalue weighted by molar-refractivity contribution is 5.98. The third-order valence-corrected chi connectivity index (χ3v) is 3.98. The van der Waals surface area contributed by atoms with Crippen molar-refractivity contribution in [1.82, 2.24) is 9.78 Å². The van der Waals surface area contributed by atoms with E-state index in [9.17, 15) is 4.79 Å². The van der Waals surface area contributed by atoms with Gasteiger partial charge in [-0.3, -0.25) is 9.48 Å². The van der Waals surface area contributed by atoms with Gasteiger partial charge in [0.25, 0.3) is 0 Å². The molecule has 0 bridgehead atoms. The molecule has 1 saturated carbocycles. The molecule has 0 spiro atoms. The molecule has 4 nitrogen and oxygen atoms in total. The van der Waals surface area contributed by atoms with Crippen LogP contribution < -0.4 is 4.74 Å². The van der Waals surface area contributed by atoms with Crippen molar-refractivity contribution in [3.8, 4) is 5.75 Å². The predicted octanol–water partition coefficient (Wildman–Crippen LogP) is 3.00. The maximum Gasteiger partial charge on any atom is 0.167 e.